The van der Waals surface area contributed by atoms with Crippen LogP contribution in [0.2, 0.25) is 0 Å². The van der Waals surface area contributed by atoms with E-state index in [9.17, 15) is 18.8 Å². The third-order valence-corrected chi connectivity index (χ3v) is 2.62. The number of ether oxygens (including phenoxy) is 3. The molecule has 1 rings (SSSR count). The van der Waals surface area contributed by atoms with Gasteiger partial charge in [0.05, 0.1) is 38.2 Å². The van der Waals surface area contributed by atoms with Crippen LogP contribution >= 0.6 is 0 Å². The quantitative estimate of drug-likeness (QED) is 0.483. The monoisotopic (exact) mass is 325 g/mol. The summed E-state index contributed by atoms with van der Waals surface area (Å²) < 4.78 is 27.6. The largest absolute Gasteiger partial charge is 0.466 e. The Labute approximate surface area is 132 Å². The first-order chi connectivity index (χ1) is 10.9. The molecule has 7 nitrogen and oxygen atoms in total. The summed E-state index contributed by atoms with van der Waals surface area (Å²) in [6, 6.07) is 3.42. The minimum atomic E-state index is -0.906. The first-order valence-electron chi connectivity index (χ1n) is 6.54. The molecule has 0 fully saturated rings. The van der Waals surface area contributed by atoms with Crippen LogP contribution in [0.4, 0.5) is 10.1 Å². The molecule has 0 unspecified atom stereocenters. The molecule has 0 bridgehead atoms. The maximum Gasteiger partial charge on any atom is 0.354 e. The molecule has 1 aromatic carbocycles. The molecule has 0 aliphatic rings. The molecule has 0 saturated carbocycles. The van der Waals surface area contributed by atoms with Crippen LogP contribution in [0.3, 0.4) is 0 Å². The molecule has 0 spiro atoms. The van der Waals surface area contributed by atoms with Crippen LogP contribution in [0.5, 0.6) is 0 Å². The highest BCUT2D eigenvalue weighted by molar-refractivity contribution is 5.99. The SMILES string of the molecule is CCOC(=O)c1ccc(F)c(N/C(=C/C(=O)OC)C(=O)OC)c1. The zero-order valence-corrected chi connectivity index (χ0v) is 12.8. The van der Waals surface area contributed by atoms with Gasteiger partial charge in [0, 0.05) is 0 Å². The highest BCUT2D eigenvalue weighted by Crippen LogP contribution is 2.19. The fourth-order valence-electron chi connectivity index (χ4n) is 1.54. The van der Waals surface area contributed by atoms with E-state index in [4.69, 9.17) is 4.74 Å². The van der Waals surface area contributed by atoms with Crippen molar-refractivity contribution in [1.29, 1.82) is 0 Å². The van der Waals surface area contributed by atoms with Crippen LogP contribution in [0, 0.1) is 5.82 Å². The summed E-state index contributed by atoms with van der Waals surface area (Å²) in [6.45, 7) is 1.80. The van der Waals surface area contributed by atoms with Gasteiger partial charge < -0.3 is 19.5 Å². The molecule has 0 aromatic heterocycles. The lowest BCUT2D eigenvalue weighted by atomic mass is 10.2. The van der Waals surface area contributed by atoms with E-state index in [1.165, 1.54) is 6.07 Å². The molecular formula is C15H16FNO6. The standard InChI is InChI=1S/C15H16FNO6/c1-4-23-14(19)9-5-6-10(16)11(7-9)17-12(15(20)22-3)8-13(18)21-2/h5-8,17H,4H2,1-3H3/b12-8+. The molecule has 0 aliphatic heterocycles. The average molecular weight is 325 g/mol. The zero-order valence-electron chi connectivity index (χ0n) is 12.8. The molecule has 0 amide bonds. The van der Waals surface area contributed by atoms with Gasteiger partial charge in [-0.3, -0.25) is 0 Å². The first kappa shape index (κ1) is 18.1. The highest BCUT2D eigenvalue weighted by Gasteiger charge is 2.16. The van der Waals surface area contributed by atoms with Crippen LogP contribution in [0.15, 0.2) is 30.0 Å². The Hall–Kier alpha value is -2.90. The summed E-state index contributed by atoms with van der Waals surface area (Å²) in [5.41, 5.74) is -0.464. The molecule has 8 heteroatoms. The molecule has 0 saturated heterocycles. The lowest BCUT2D eigenvalue weighted by Crippen LogP contribution is -2.16. The molecule has 1 aromatic rings. The number of benzene rings is 1. The van der Waals surface area contributed by atoms with Crippen LogP contribution < -0.4 is 5.32 Å². The third-order valence-electron chi connectivity index (χ3n) is 2.62. The van der Waals surface area contributed by atoms with Crippen LogP contribution in [-0.4, -0.2) is 38.7 Å². The maximum absolute atomic E-state index is 13.9. The molecular weight excluding hydrogens is 309 g/mol. The Balaban J connectivity index is 3.15. The van der Waals surface area contributed by atoms with Crippen molar-refractivity contribution in [3.63, 3.8) is 0 Å². The van der Waals surface area contributed by atoms with Gasteiger partial charge in [0.25, 0.3) is 0 Å². The van der Waals surface area contributed by atoms with E-state index in [-0.39, 0.29) is 23.6 Å². The van der Waals surface area contributed by atoms with Gasteiger partial charge in [0.2, 0.25) is 0 Å². The summed E-state index contributed by atoms with van der Waals surface area (Å²) in [7, 11) is 2.22. The van der Waals surface area contributed by atoms with E-state index >= 15 is 0 Å². The fraction of sp³-hybridized carbons (Fsp3) is 0.267. The van der Waals surface area contributed by atoms with Crippen LogP contribution in [0.25, 0.3) is 0 Å². The van der Waals surface area contributed by atoms with Gasteiger partial charge in [-0.2, -0.15) is 0 Å². The summed E-state index contributed by atoms with van der Waals surface area (Å²) in [6.07, 6.45) is 0.808. The topological polar surface area (TPSA) is 90.9 Å². The van der Waals surface area contributed by atoms with Gasteiger partial charge in [-0.05, 0) is 25.1 Å². The van der Waals surface area contributed by atoms with Crippen molar-refractivity contribution in [3.8, 4) is 0 Å². The summed E-state index contributed by atoms with van der Waals surface area (Å²) in [5.74, 6) is -3.12. The predicted molar refractivity (Wildman–Crippen MR) is 78.1 cm³/mol. The molecule has 0 heterocycles. The van der Waals surface area contributed by atoms with E-state index in [1.807, 2.05) is 0 Å². The Morgan fingerprint density at radius 2 is 1.91 bits per heavy atom. The molecule has 0 aliphatic carbocycles. The van der Waals surface area contributed by atoms with E-state index in [0.29, 0.717) is 0 Å². The summed E-state index contributed by atoms with van der Waals surface area (Å²) in [4.78, 5) is 34.5. The second-order valence-electron chi connectivity index (χ2n) is 4.11. The average Bonchev–Trinajstić information content (AvgIpc) is 2.55. The van der Waals surface area contributed by atoms with Crippen molar-refractivity contribution >= 4 is 23.6 Å². The predicted octanol–water partition coefficient (Wildman–Crippen LogP) is 1.64. The molecule has 0 radical (unpaired) electrons. The Morgan fingerprint density at radius 3 is 2.48 bits per heavy atom. The van der Waals surface area contributed by atoms with Crippen LogP contribution in [0.1, 0.15) is 17.3 Å². The van der Waals surface area contributed by atoms with Crippen molar-refractivity contribution in [2.45, 2.75) is 6.92 Å². The lowest BCUT2D eigenvalue weighted by Gasteiger charge is -2.11. The molecule has 124 valence electrons. The number of hydrogen-bond acceptors (Lipinski definition) is 7. The number of anilines is 1. The second-order valence-corrected chi connectivity index (χ2v) is 4.11. The van der Waals surface area contributed by atoms with Crippen molar-refractivity contribution in [1.82, 2.24) is 0 Å². The minimum absolute atomic E-state index is 0.0815. The lowest BCUT2D eigenvalue weighted by molar-refractivity contribution is -0.138. The summed E-state index contributed by atoms with van der Waals surface area (Å²) in [5, 5.41) is 2.40. The van der Waals surface area contributed by atoms with Gasteiger partial charge in [-0.15, -0.1) is 0 Å². The van der Waals surface area contributed by atoms with Gasteiger partial charge in [0.15, 0.2) is 0 Å². The number of methoxy groups -OCH3 is 2. The van der Waals surface area contributed by atoms with Gasteiger partial charge in [-0.25, -0.2) is 18.8 Å². The molecule has 23 heavy (non-hydrogen) atoms. The van der Waals surface area contributed by atoms with Gasteiger partial charge in [-0.1, -0.05) is 0 Å². The van der Waals surface area contributed by atoms with Crippen molar-refractivity contribution in [2.24, 2.45) is 0 Å². The Bertz CT molecular complexity index is 641. The third kappa shape index (κ3) is 5.10. The zero-order chi connectivity index (χ0) is 17.4. The Morgan fingerprint density at radius 1 is 1.22 bits per heavy atom. The number of halogens is 1. The van der Waals surface area contributed by atoms with E-state index in [1.54, 1.807) is 6.92 Å². The number of nitrogens with one attached hydrogen (secondary N) is 1. The number of hydrogen-bond donors (Lipinski definition) is 1. The smallest absolute Gasteiger partial charge is 0.354 e. The van der Waals surface area contributed by atoms with Gasteiger partial charge in [0.1, 0.15) is 11.5 Å². The first-order valence-corrected chi connectivity index (χ1v) is 6.54. The molecule has 1 N–H and O–H groups in total. The van der Waals surface area contributed by atoms with Gasteiger partial charge >= 0.3 is 17.9 Å². The normalized spacial score (nSPS) is 10.7. The van der Waals surface area contributed by atoms with E-state index in [0.717, 1.165) is 32.4 Å². The second kappa shape index (κ2) is 8.52. The highest BCUT2D eigenvalue weighted by atomic mass is 19.1. The Kier molecular flexibility index (Phi) is 6.72. The number of esters is 3. The fourth-order valence-corrected chi connectivity index (χ4v) is 1.54. The minimum Gasteiger partial charge on any atom is -0.466 e. The number of carbonyl (C=O) groups excluding carboxylic acids is 3. The molecule has 0 atom stereocenters. The van der Waals surface area contributed by atoms with Crippen LogP contribution in [-0.2, 0) is 23.8 Å². The maximum atomic E-state index is 13.9. The van der Waals surface area contributed by atoms with Crippen molar-refractivity contribution in [3.05, 3.63) is 41.4 Å². The number of rotatable bonds is 6. The summed E-state index contributed by atoms with van der Waals surface area (Å²) >= 11 is 0. The van der Waals surface area contributed by atoms with Crippen molar-refractivity contribution in [2.75, 3.05) is 26.1 Å². The van der Waals surface area contributed by atoms with Crippen molar-refractivity contribution < 1.29 is 33.0 Å². The van der Waals surface area contributed by atoms with E-state index < -0.39 is 23.7 Å². The number of carbonyl (C=O) groups is 3. The van der Waals surface area contributed by atoms with E-state index in [2.05, 4.69) is 14.8 Å².